The van der Waals surface area contributed by atoms with Crippen LogP contribution in [0.2, 0.25) is 0 Å². The number of hydrogen-bond acceptors (Lipinski definition) is 4. The van der Waals surface area contributed by atoms with Crippen molar-refractivity contribution in [2.45, 2.75) is 0 Å². The first-order chi connectivity index (χ1) is 8.17. The third-order valence-corrected chi connectivity index (χ3v) is 2.45. The van der Waals surface area contributed by atoms with Crippen molar-refractivity contribution in [1.82, 2.24) is 9.78 Å². The number of amides is 1. The minimum atomic E-state index is -0.501. The molecule has 6 nitrogen and oxygen atoms in total. The monoisotopic (exact) mass is 233 g/mol. The molecule has 1 aromatic carbocycles. The second-order valence-corrected chi connectivity index (χ2v) is 3.46. The Hall–Kier alpha value is -2.37. The van der Waals surface area contributed by atoms with Crippen molar-refractivity contribution in [3.8, 4) is 0 Å². The normalized spacial score (nSPS) is 10.2. The molecule has 6 heteroatoms. The summed E-state index contributed by atoms with van der Waals surface area (Å²) < 4.78 is 6.24. The van der Waals surface area contributed by atoms with Gasteiger partial charge in [-0.1, -0.05) is 0 Å². The Morgan fingerprint density at radius 2 is 2.29 bits per heavy atom. The summed E-state index contributed by atoms with van der Waals surface area (Å²) in [6.45, 7) is 0. The predicted octanol–water partition coefficient (Wildman–Crippen LogP) is 0.928. The van der Waals surface area contributed by atoms with E-state index in [4.69, 9.17) is 0 Å². The number of carbonyl (C=O) groups excluding carboxylic acids is 2. The Balaban J connectivity index is 2.64. The third kappa shape index (κ3) is 1.84. The van der Waals surface area contributed by atoms with Gasteiger partial charge in [0.05, 0.1) is 12.6 Å². The zero-order valence-electron chi connectivity index (χ0n) is 9.43. The molecule has 0 spiro atoms. The first-order valence-electron chi connectivity index (χ1n) is 4.92. The maximum atomic E-state index is 11.5. The molecule has 88 valence electrons. The molecule has 17 heavy (non-hydrogen) atoms. The van der Waals surface area contributed by atoms with Crippen molar-refractivity contribution in [2.24, 2.45) is 7.05 Å². The van der Waals surface area contributed by atoms with E-state index in [1.807, 2.05) is 0 Å². The van der Waals surface area contributed by atoms with Crippen LogP contribution < -0.4 is 5.32 Å². The second-order valence-electron chi connectivity index (χ2n) is 3.46. The lowest BCUT2D eigenvalue weighted by Crippen LogP contribution is -2.03. The number of aromatic nitrogens is 2. The molecule has 0 atom stereocenters. The Labute approximate surface area is 97.2 Å². The topological polar surface area (TPSA) is 73.2 Å². The van der Waals surface area contributed by atoms with Crippen molar-refractivity contribution in [3.63, 3.8) is 0 Å². The minimum absolute atomic E-state index is 0.236. The van der Waals surface area contributed by atoms with Crippen LogP contribution in [0, 0.1) is 0 Å². The Morgan fingerprint density at radius 1 is 1.53 bits per heavy atom. The van der Waals surface area contributed by atoms with Gasteiger partial charge in [0, 0.05) is 18.1 Å². The van der Waals surface area contributed by atoms with Gasteiger partial charge in [0.25, 0.3) is 0 Å². The second kappa shape index (κ2) is 4.25. The Kier molecular flexibility index (Phi) is 2.78. The molecule has 1 aromatic heterocycles. The standard InChI is InChI=1S/C11H11N3O3/c1-14-9-4-3-7(12-6-15)5-8(9)10(13-14)11(16)17-2/h3-6H,1-2H3,(H,12,15). The van der Waals surface area contributed by atoms with Crippen LogP contribution in [0.1, 0.15) is 10.5 Å². The number of anilines is 1. The van der Waals surface area contributed by atoms with E-state index in [0.29, 0.717) is 17.5 Å². The number of benzene rings is 1. The maximum absolute atomic E-state index is 11.5. The number of carbonyl (C=O) groups is 2. The lowest BCUT2D eigenvalue weighted by atomic mass is 10.2. The van der Waals surface area contributed by atoms with E-state index < -0.39 is 5.97 Å². The third-order valence-electron chi connectivity index (χ3n) is 2.45. The van der Waals surface area contributed by atoms with Crippen LogP contribution in [0.3, 0.4) is 0 Å². The van der Waals surface area contributed by atoms with E-state index in [9.17, 15) is 9.59 Å². The van der Waals surface area contributed by atoms with Crippen LogP contribution in [-0.2, 0) is 16.6 Å². The summed E-state index contributed by atoms with van der Waals surface area (Å²) in [5, 5.41) is 7.26. The maximum Gasteiger partial charge on any atom is 0.359 e. The molecule has 2 rings (SSSR count). The van der Waals surface area contributed by atoms with Gasteiger partial charge in [-0.3, -0.25) is 9.48 Å². The molecule has 0 bridgehead atoms. The highest BCUT2D eigenvalue weighted by Crippen LogP contribution is 2.22. The SMILES string of the molecule is COC(=O)c1nn(C)c2ccc(NC=O)cc12. The first kappa shape index (κ1) is 11.1. The molecule has 0 unspecified atom stereocenters. The van der Waals surface area contributed by atoms with Gasteiger partial charge in [-0.15, -0.1) is 0 Å². The summed E-state index contributed by atoms with van der Waals surface area (Å²) in [4.78, 5) is 21.9. The van der Waals surface area contributed by atoms with Gasteiger partial charge < -0.3 is 10.1 Å². The van der Waals surface area contributed by atoms with Gasteiger partial charge in [0.15, 0.2) is 5.69 Å². The average molecular weight is 233 g/mol. The van der Waals surface area contributed by atoms with Crippen molar-refractivity contribution < 1.29 is 14.3 Å². The molecule has 0 radical (unpaired) electrons. The quantitative estimate of drug-likeness (QED) is 0.632. The van der Waals surface area contributed by atoms with Crippen LogP contribution in [0.4, 0.5) is 5.69 Å². The van der Waals surface area contributed by atoms with Crippen molar-refractivity contribution in [3.05, 3.63) is 23.9 Å². The van der Waals surface area contributed by atoms with Crippen molar-refractivity contribution in [2.75, 3.05) is 12.4 Å². The van der Waals surface area contributed by atoms with Crippen molar-refractivity contribution in [1.29, 1.82) is 0 Å². The van der Waals surface area contributed by atoms with Crippen LogP contribution in [0.25, 0.3) is 10.9 Å². The summed E-state index contributed by atoms with van der Waals surface area (Å²) in [6, 6.07) is 5.20. The average Bonchev–Trinajstić information content (AvgIpc) is 2.66. The van der Waals surface area contributed by atoms with Gasteiger partial charge in [0.2, 0.25) is 6.41 Å². The number of fused-ring (bicyclic) bond motifs is 1. The number of methoxy groups -OCH3 is 1. The summed E-state index contributed by atoms with van der Waals surface area (Å²) in [7, 11) is 3.04. The van der Waals surface area contributed by atoms with E-state index in [1.165, 1.54) is 7.11 Å². The molecule has 0 saturated heterocycles. The highest BCUT2D eigenvalue weighted by atomic mass is 16.5. The molecule has 1 N–H and O–H groups in total. The highest BCUT2D eigenvalue weighted by molar-refractivity contribution is 6.03. The molecular weight excluding hydrogens is 222 g/mol. The largest absolute Gasteiger partial charge is 0.464 e. The molecule has 1 heterocycles. The summed E-state index contributed by atoms with van der Waals surface area (Å²) in [5.41, 5.74) is 1.63. The Bertz CT molecular complexity index is 589. The fourth-order valence-corrected chi connectivity index (χ4v) is 1.67. The molecular formula is C11H11N3O3. The Morgan fingerprint density at radius 3 is 2.94 bits per heavy atom. The van der Waals surface area contributed by atoms with Crippen LogP contribution >= 0.6 is 0 Å². The lowest BCUT2D eigenvalue weighted by molar-refractivity contribution is -0.105. The molecule has 0 fully saturated rings. The number of aryl methyl sites for hydroxylation is 1. The van der Waals surface area contributed by atoms with E-state index in [-0.39, 0.29) is 5.69 Å². The zero-order valence-corrected chi connectivity index (χ0v) is 9.43. The molecule has 0 aliphatic heterocycles. The number of hydrogen-bond donors (Lipinski definition) is 1. The molecule has 1 amide bonds. The molecule has 0 aliphatic carbocycles. The van der Waals surface area contributed by atoms with Gasteiger partial charge in [-0.05, 0) is 18.2 Å². The molecule has 0 aliphatic rings. The summed E-state index contributed by atoms with van der Waals surface area (Å²) in [5.74, 6) is -0.501. The molecule has 2 aromatic rings. The zero-order chi connectivity index (χ0) is 12.4. The number of ether oxygens (including phenoxy) is 1. The minimum Gasteiger partial charge on any atom is -0.464 e. The van der Waals surface area contributed by atoms with Crippen LogP contribution in [-0.4, -0.2) is 29.3 Å². The van der Waals surface area contributed by atoms with Crippen molar-refractivity contribution >= 4 is 29.0 Å². The number of rotatable bonds is 3. The number of nitrogens with one attached hydrogen (secondary N) is 1. The van der Waals surface area contributed by atoms with E-state index in [2.05, 4.69) is 15.2 Å². The van der Waals surface area contributed by atoms with Gasteiger partial charge in [-0.2, -0.15) is 5.10 Å². The highest BCUT2D eigenvalue weighted by Gasteiger charge is 2.16. The van der Waals surface area contributed by atoms with Crippen LogP contribution in [0.15, 0.2) is 18.2 Å². The van der Waals surface area contributed by atoms with E-state index in [0.717, 1.165) is 5.52 Å². The van der Waals surface area contributed by atoms with Gasteiger partial charge in [0.1, 0.15) is 0 Å². The van der Waals surface area contributed by atoms with E-state index >= 15 is 0 Å². The fraction of sp³-hybridized carbons (Fsp3) is 0.182. The predicted molar refractivity (Wildman–Crippen MR) is 61.7 cm³/mol. The smallest absolute Gasteiger partial charge is 0.359 e. The summed E-state index contributed by atoms with van der Waals surface area (Å²) >= 11 is 0. The molecule has 0 saturated carbocycles. The van der Waals surface area contributed by atoms with E-state index in [1.54, 1.807) is 29.9 Å². The fourth-order valence-electron chi connectivity index (χ4n) is 1.67. The first-order valence-corrected chi connectivity index (χ1v) is 4.92. The van der Waals surface area contributed by atoms with Gasteiger partial charge >= 0.3 is 5.97 Å². The number of nitrogens with zero attached hydrogens (tertiary/aromatic N) is 2. The number of esters is 1. The summed E-state index contributed by atoms with van der Waals surface area (Å²) in [6.07, 6.45) is 0.579. The van der Waals surface area contributed by atoms with Crippen LogP contribution in [0.5, 0.6) is 0 Å². The lowest BCUT2D eigenvalue weighted by Gasteiger charge is -1.99. The van der Waals surface area contributed by atoms with Gasteiger partial charge in [-0.25, -0.2) is 4.79 Å².